The molecule has 6 nitrogen and oxygen atoms in total. The monoisotopic (exact) mass is 403 g/mol. The second-order valence-electron chi connectivity index (χ2n) is 6.41. The summed E-state index contributed by atoms with van der Waals surface area (Å²) in [6, 6.07) is 13.9. The van der Waals surface area contributed by atoms with E-state index in [1.54, 1.807) is 25.3 Å². The lowest BCUT2D eigenvalue weighted by atomic mass is 10.1. The third kappa shape index (κ3) is 8.09. The molecule has 1 unspecified atom stereocenters. The first-order valence-corrected chi connectivity index (χ1v) is 9.79. The van der Waals surface area contributed by atoms with Crippen LogP contribution in [0.4, 0.5) is 4.39 Å². The van der Waals surface area contributed by atoms with Crippen LogP contribution in [-0.2, 0) is 11.3 Å². The van der Waals surface area contributed by atoms with Crippen molar-refractivity contribution in [1.29, 1.82) is 0 Å². The van der Waals surface area contributed by atoms with Crippen molar-refractivity contribution < 1.29 is 19.0 Å². The van der Waals surface area contributed by atoms with Gasteiger partial charge in [0.1, 0.15) is 11.6 Å². The zero-order valence-corrected chi connectivity index (χ0v) is 17.0. The third-order valence-corrected chi connectivity index (χ3v) is 4.27. The zero-order valence-electron chi connectivity index (χ0n) is 17.0. The molecule has 158 valence electrons. The van der Waals surface area contributed by atoms with Gasteiger partial charge < -0.3 is 25.2 Å². The van der Waals surface area contributed by atoms with E-state index in [-0.39, 0.29) is 12.1 Å². The standard InChI is InChI=1S/C22H30FN3O3/c1-3-29-14-6-13-24-22(25-15-17-9-11-18(28-2)12-10-17)26-16-21(27)19-7-4-5-8-20(19)23/h4-5,7-12,21,27H,3,6,13-16H2,1-2H3,(H2,24,25,26). The van der Waals surface area contributed by atoms with Gasteiger partial charge in [-0.1, -0.05) is 30.3 Å². The number of nitrogens with one attached hydrogen (secondary N) is 2. The number of aliphatic hydroxyl groups excluding tert-OH is 1. The first kappa shape index (κ1) is 22.6. The average Bonchev–Trinajstić information content (AvgIpc) is 2.75. The van der Waals surface area contributed by atoms with Gasteiger partial charge in [-0.25, -0.2) is 9.38 Å². The Morgan fingerprint density at radius 3 is 2.59 bits per heavy atom. The molecule has 0 aromatic heterocycles. The Bertz CT molecular complexity index is 753. The molecule has 3 N–H and O–H groups in total. The van der Waals surface area contributed by atoms with E-state index >= 15 is 0 Å². The largest absolute Gasteiger partial charge is 0.497 e. The number of hydrogen-bond acceptors (Lipinski definition) is 4. The second-order valence-corrected chi connectivity index (χ2v) is 6.41. The average molecular weight is 403 g/mol. The van der Waals surface area contributed by atoms with Crippen molar-refractivity contribution in [1.82, 2.24) is 10.6 Å². The molecule has 0 fully saturated rings. The summed E-state index contributed by atoms with van der Waals surface area (Å²) in [6.07, 6.45) is -0.153. The van der Waals surface area contributed by atoms with Crippen molar-refractivity contribution in [3.63, 3.8) is 0 Å². The normalized spacial score (nSPS) is 12.5. The molecule has 0 amide bonds. The van der Waals surface area contributed by atoms with Gasteiger partial charge in [0.2, 0.25) is 0 Å². The van der Waals surface area contributed by atoms with Crippen LogP contribution >= 0.6 is 0 Å². The SMILES string of the molecule is CCOCCCNC(=NCc1ccc(OC)cc1)NCC(O)c1ccccc1F. The van der Waals surface area contributed by atoms with E-state index in [2.05, 4.69) is 15.6 Å². The zero-order chi connectivity index (χ0) is 20.9. The molecule has 0 heterocycles. The Hall–Kier alpha value is -2.64. The highest BCUT2D eigenvalue weighted by atomic mass is 19.1. The van der Waals surface area contributed by atoms with Crippen LogP contribution in [-0.4, -0.2) is 44.5 Å². The summed E-state index contributed by atoms with van der Waals surface area (Å²) in [5.74, 6) is 0.911. The number of hydrogen-bond donors (Lipinski definition) is 3. The van der Waals surface area contributed by atoms with E-state index in [1.165, 1.54) is 6.07 Å². The minimum absolute atomic E-state index is 0.140. The number of aliphatic hydroxyl groups is 1. The van der Waals surface area contributed by atoms with E-state index in [0.29, 0.717) is 32.3 Å². The molecule has 0 spiro atoms. The highest BCUT2D eigenvalue weighted by molar-refractivity contribution is 5.79. The third-order valence-electron chi connectivity index (χ3n) is 4.27. The van der Waals surface area contributed by atoms with Crippen LogP contribution in [0.3, 0.4) is 0 Å². The maximum atomic E-state index is 13.9. The molecule has 0 saturated heterocycles. The highest BCUT2D eigenvalue weighted by Gasteiger charge is 2.12. The Morgan fingerprint density at radius 1 is 1.14 bits per heavy atom. The number of nitrogens with zero attached hydrogens (tertiary/aromatic N) is 1. The predicted molar refractivity (Wildman–Crippen MR) is 113 cm³/mol. The molecule has 0 saturated carbocycles. The highest BCUT2D eigenvalue weighted by Crippen LogP contribution is 2.15. The van der Waals surface area contributed by atoms with Crippen molar-refractivity contribution in [3.05, 3.63) is 65.5 Å². The van der Waals surface area contributed by atoms with Crippen molar-refractivity contribution in [3.8, 4) is 5.75 Å². The van der Waals surface area contributed by atoms with Crippen LogP contribution in [0.25, 0.3) is 0 Å². The molecule has 1 atom stereocenters. The van der Waals surface area contributed by atoms with Crippen molar-refractivity contribution >= 4 is 5.96 Å². The van der Waals surface area contributed by atoms with Gasteiger partial charge >= 0.3 is 0 Å². The Balaban J connectivity index is 1.96. The molecule has 2 aromatic rings. The van der Waals surface area contributed by atoms with Gasteiger partial charge in [0.25, 0.3) is 0 Å². The molecule has 0 radical (unpaired) electrons. The van der Waals surface area contributed by atoms with Gasteiger partial charge in [-0.2, -0.15) is 0 Å². The summed E-state index contributed by atoms with van der Waals surface area (Å²) < 4.78 is 24.4. The first-order chi connectivity index (χ1) is 14.1. The molecule has 0 aliphatic rings. The number of aliphatic imine (C=N–C) groups is 1. The Labute approximate surface area is 171 Å². The van der Waals surface area contributed by atoms with Crippen molar-refractivity contribution in [2.24, 2.45) is 4.99 Å². The van der Waals surface area contributed by atoms with E-state index in [0.717, 1.165) is 17.7 Å². The summed E-state index contributed by atoms with van der Waals surface area (Å²) in [4.78, 5) is 4.56. The molecule has 2 rings (SSSR count). The van der Waals surface area contributed by atoms with Crippen LogP contribution in [0.1, 0.15) is 30.6 Å². The number of rotatable bonds is 11. The molecule has 0 aliphatic carbocycles. The van der Waals surface area contributed by atoms with Crippen LogP contribution in [0.2, 0.25) is 0 Å². The van der Waals surface area contributed by atoms with Gasteiger partial charge in [-0.05, 0) is 37.1 Å². The lowest BCUT2D eigenvalue weighted by molar-refractivity contribution is 0.145. The molecule has 0 bridgehead atoms. The van der Waals surface area contributed by atoms with Gasteiger partial charge in [0.15, 0.2) is 5.96 Å². The lowest BCUT2D eigenvalue weighted by Crippen LogP contribution is -2.40. The summed E-state index contributed by atoms with van der Waals surface area (Å²) in [6.45, 7) is 4.57. The van der Waals surface area contributed by atoms with Crippen molar-refractivity contribution in [2.75, 3.05) is 33.4 Å². The molecule has 29 heavy (non-hydrogen) atoms. The predicted octanol–water partition coefficient (Wildman–Crippen LogP) is 3.03. The van der Waals surface area contributed by atoms with Gasteiger partial charge in [-0.3, -0.25) is 0 Å². The maximum Gasteiger partial charge on any atom is 0.191 e. The Kier molecular flexibility index (Phi) is 9.95. The summed E-state index contributed by atoms with van der Waals surface area (Å²) in [7, 11) is 1.63. The van der Waals surface area contributed by atoms with Gasteiger partial charge in [0, 0.05) is 31.9 Å². The summed E-state index contributed by atoms with van der Waals surface area (Å²) >= 11 is 0. The molecule has 7 heteroatoms. The van der Waals surface area contributed by atoms with E-state index in [1.807, 2.05) is 31.2 Å². The molecule has 2 aromatic carbocycles. The van der Waals surface area contributed by atoms with E-state index in [4.69, 9.17) is 9.47 Å². The fourth-order valence-electron chi connectivity index (χ4n) is 2.65. The number of benzene rings is 2. The summed E-state index contributed by atoms with van der Waals surface area (Å²) in [5.41, 5.74) is 1.28. The Morgan fingerprint density at radius 2 is 1.90 bits per heavy atom. The number of methoxy groups -OCH3 is 1. The van der Waals surface area contributed by atoms with Crippen molar-refractivity contribution in [2.45, 2.75) is 26.0 Å². The maximum absolute atomic E-state index is 13.9. The smallest absolute Gasteiger partial charge is 0.191 e. The molecule has 0 aliphatic heterocycles. The van der Waals surface area contributed by atoms with Crippen LogP contribution < -0.4 is 15.4 Å². The fourth-order valence-corrected chi connectivity index (χ4v) is 2.65. The minimum atomic E-state index is -0.979. The number of guanidine groups is 1. The quantitative estimate of drug-likeness (QED) is 0.306. The second kappa shape index (κ2) is 12.7. The number of halogens is 1. The number of ether oxygens (including phenoxy) is 2. The van der Waals surface area contributed by atoms with Crippen LogP contribution in [0.5, 0.6) is 5.75 Å². The van der Waals surface area contributed by atoms with Gasteiger partial charge in [0.05, 0.1) is 19.8 Å². The first-order valence-electron chi connectivity index (χ1n) is 9.79. The van der Waals surface area contributed by atoms with Gasteiger partial charge in [-0.15, -0.1) is 0 Å². The van der Waals surface area contributed by atoms with E-state index in [9.17, 15) is 9.50 Å². The van der Waals surface area contributed by atoms with Crippen LogP contribution in [0.15, 0.2) is 53.5 Å². The summed E-state index contributed by atoms with van der Waals surface area (Å²) in [5, 5.41) is 16.6. The lowest BCUT2D eigenvalue weighted by Gasteiger charge is -2.17. The fraction of sp³-hybridized carbons (Fsp3) is 0.409. The van der Waals surface area contributed by atoms with Crippen LogP contribution in [0, 0.1) is 5.82 Å². The molecular weight excluding hydrogens is 373 g/mol. The minimum Gasteiger partial charge on any atom is -0.497 e. The molecular formula is C22H30FN3O3. The topological polar surface area (TPSA) is 75.1 Å². The van der Waals surface area contributed by atoms with E-state index < -0.39 is 11.9 Å².